The van der Waals surface area contributed by atoms with Crippen LogP contribution in [0.5, 0.6) is 0 Å². The van der Waals surface area contributed by atoms with Crippen LogP contribution < -0.4 is 5.32 Å². The first-order valence-corrected chi connectivity index (χ1v) is 6.34. The molecule has 0 aromatic heterocycles. The lowest BCUT2D eigenvalue weighted by Crippen LogP contribution is -2.48. The molecule has 2 nitrogen and oxygen atoms in total. The molecule has 0 radical (unpaired) electrons. The lowest BCUT2D eigenvalue weighted by molar-refractivity contribution is 0.199. The van der Waals surface area contributed by atoms with Gasteiger partial charge in [0.25, 0.3) is 0 Å². The molecule has 1 saturated heterocycles. The van der Waals surface area contributed by atoms with Crippen LogP contribution in [0, 0.1) is 5.82 Å². The van der Waals surface area contributed by atoms with Crippen molar-refractivity contribution in [2.24, 2.45) is 0 Å². The van der Waals surface area contributed by atoms with Gasteiger partial charge in [0, 0.05) is 32.2 Å². The third-order valence-corrected chi connectivity index (χ3v) is 3.49. The Hall–Kier alpha value is -0.450. The van der Waals surface area contributed by atoms with Crippen LogP contribution in [0.2, 0.25) is 0 Å². The number of piperazine rings is 1. The van der Waals surface area contributed by atoms with Gasteiger partial charge in [-0.15, -0.1) is 0 Å². The van der Waals surface area contributed by atoms with Gasteiger partial charge >= 0.3 is 0 Å². The third kappa shape index (κ3) is 3.03. The molecule has 88 valence electrons. The Balaban J connectivity index is 2.00. The van der Waals surface area contributed by atoms with E-state index in [0.717, 1.165) is 31.7 Å². The summed E-state index contributed by atoms with van der Waals surface area (Å²) in [4.78, 5) is 2.35. The molecule has 1 atom stereocenters. The molecule has 1 fully saturated rings. The Morgan fingerprint density at radius 2 is 2.38 bits per heavy atom. The second-order valence-electron chi connectivity index (χ2n) is 4.34. The summed E-state index contributed by atoms with van der Waals surface area (Å²) in [6, 6.07) is 5.88. The first kappa shape index (κ1) is 12.0. The molecule has 0 spiro atoms. The fourth-order valence-corrected chi connectivity index (χ4v) is 2.30. The molecule has 0 amide bonds. The predicted octanol–water partition coefficient (Wildman–Crippen LogP) is 2.38. The number of benzene rings is 1. The van der Waals surface area contributed by atoms with E-state index in [-0.39, 0.29) is 5.82 Å². The number of hydrogen-bond donors (Lipinski definition) is 1. The minimum Gasteiger partial charge on any atom is -0.312 e. The standard InChI is InChI=1S/C12H16BrFN2/c1-9-7-16(5-4-15-9)8-10-2-3-11(13)12(14)6-10/h2-3,6,9,15H,4-5,7-8H2,1H3. The average molecular weight is 287 g/mol. The van der Waals surface area contributed by atoms with Gasteiger partial charge in [-0.1, -0.05) is 6.07 Å². The Morgan fingerprint density at radius 1 is 1.56 bits per heavy atom. The van der Waals surface area contributed by atoms with Crippen molar-refractivity contribution in [3.63, 3.8) is 0 Å². The van der Waals surface area contributed by atoms with Crippen LogP contribution in [-0.4, -0.2) is 30.6 Å². The van der Waals surface area contributed by atoms with Gasteiger partial charge in [-0.25, -0.2) is 4.39 Å². The lowest BCUT2D eigenvalue weighted by atomic mass is 10.1. The normalized spacial score (nSPS) is 22.3. The molecule has 1 unspecified atom stereocenters. The van der Waals surface area contributed by atoms with Gasteiger partial charge in [-0.05, 0) is 40.5 Å². The highest BCUT2D eigenvalue weighted by molar-refractivity contribution is 9.10. The molecule has 0 aliphatic carbocycles. The van der Waals surface area contributed by atoms with Gasteiger partial charge in [0.05, 0.1) is 4.47 Å². The summed E-state index contributed by atoms with van der Waals surface area (Å²) in [6.45, 7) is 6.07. The summed E-state index contributed by atoms with van der Waals surface area (Å²) in [5.74, 6) is -0.180. The van der Waals surface area contributed by atoms with Crippen LogP contribution >= 0.6 is 15.9 Å². The molecule has 1 aliphatic rings. The minimum atomic E-state index is -0.180. The highest BCUT2D eigenvalue weighted by Gasteiger charge is 2.15. The third-order valence-electron chi connectivity index (χ3n) is 2.84. The van der Waals surface area contributed by atoms with Crippen LogP contribution in [0.1, 0.15) is 12.5 Å². The van der Waals surface area contributed by atoms with Crippen molar-refractivity contribution < 1.29 is 4.39 Å². The maximum atomic E-state index is 13.3. The van der Waals surface area contributed by atoms with Crippen molar-refractivity contribution in [2.45, 2.75) is 19.5 Å². The zero-order chi connectivity index (χ0) is 11.5. The molecule has 1 heterocycles. The number of nitrogens with one attached hydrogen (secondary N) is 1. The second kappa shape index (κ2) is 5.25. The highest BCUT2D eigenvalue weighted by atomic mass is 79.9. The monoisotopic (exact) mass is 286 g/mol. The van der Waals surface area contributed by atoms with Crippen LogP contribution in [0.4, 0.5) is 4.39 Å². The maximum Gasteiger partial charge on any atom is 0.137 e. The fraction of sp³-hybridized carbons (Fsp3) is 0.500. The molecular weight excluding hydrogens is 271 g/mol. The van der Waals surface area contributed by atoms with Gasteiger partial charge in [0.2, 0.25) is 0 Å². The molecule has 2 rings (SSSR count). The molecule has 16 heavy (non-hydrogen) atoms. The number of hydrogen-bond acceptors (Lipinski definition) is 2. The zero-order valence-electron chi connectivity index (χ0n) is 9.34. The summed E-state index contributed by atoms with van der Waals surface area (Å²) in [7, 11) is 0. The minimum absolute atomic E-state index is 0.180. The van der Waals surface area contributed by atoms with Crippen molar-refractivity contribution in [1.82, 2.24) is 10.2 Å². The van der Waals surface area contributed by atoms with Crippen molar-refractivity contribution in [2.75, 3.05) is 19.6 Å². The summed E-state index contributed by atoms with van der Waals surface area (Å²) in [5, 5.41) is 3.39. The van der Waals surface area contributed by atoms with Crippen molar-refractivity contribution >= 4 is 15.9 Å². The first-order valence-electron chi connectivity index (χ1n) is 5.55. The maximum absolute atomic E-state index is 13.3. The van der Waals surface area contributed by atoms with Crippen molar-refractivity contribution in [3.05, 3.63) is 34.1 Å². The van der Waals surface area contributed by atoms with Crippen LogP contribution in [-0.2, 0) is 6.54 Å². The summed E-state index contributed by atoms with van der Waals surface area (Å²) < 4.78 is 13.9. The van der Waals surface area contributed by atoms with Gasteiger partial charge in [0.15, 0.2) is 0 Å². The molecule has 0 saturated carbocycles. The summed E-state index contributed by atoms with van der Waals surface area (Å²) in [6.07, 6.45) is 0. The van der Waals surface area contributed by atoms with E-state index in [1.165, 1.54) is 0 Å². The molecule has 1 aromatic rings. The molecule has 1 N–H and O–H groups in total. The fourth-order valence-electron chi connectivity index (χ4n) is 2.05. The van der Waals surface area contributed by atoms with Crippen molar-refractivity contribution in [1.29, 1.82) is 0 Å². The van der Waals surface area contributed by atoms with Gasteiger partial charge < -0.3 is 5.32 Å². The second-order valence-corrected chi connectivity index (χ2v) is 5.19. The van der Waals surface area contributed by atoms with E-state index >= 15 is 0 Å². The van der Waals surface area contributed by atoms with Crippen LogP contribution in [0.3, 0.4) is 0 Å². The quantitative estimate of drug-likeness (QED) is 0.898. The van der Waals surface area contributed by atoms with E-state index in [1.54, 1.807) is 12.1 Å². The van der Waals surface area contributed by atoms with E-state index < -0.39 is 0 Å². The summed E-state index contributed by atoms with van der Waals surface area (Å²) >= 11 is 3.17. The molecule has 0 bridgehead atoms. The molecule has 1 aliphatic heterocycles. The van der Waals surface area contributed by atoms with E-state index in [9.17, 15) is 4.39 Å². The number of nitrogens with zero attached hydrogens (tertiary/aromatic N) is 1. The Morgan fingerprint density at radius 3 is 3.06 bits per heavy atom. The van der Waals surface area contributed by atoms with Crippen LogP contribution in [0.15, 0.2) is 22.7 Å². The van der Waals surface area contributed by atoms with E-state index in [4.69, 9.17) is 0 Å². The molecular formula is C12H16BrFN2. The zero-order valence-corrected chi connectivity index (χ0v) is 10.9. The average Bonchev–Trinajstić information content (AvgIpc) is 2.24. The van der Waals surface area contributed by atoms with Crippen molar-refractivity contribution in [3.8, 4) is 0 Å². The van der Waals surface area contributed by atoms with Gasteiger partial charge in [-0.2, -0.15) is 0 Å². The lowest BCUT2D eigenvalue weighted by Gasteiger charge is -2.31. The number of halogens is 2. The number of rotatable bonds is 2. The van der Waals surface area contributed by atoms with Gasteiger partial charge in [0.1, 0.15) is 5.82 Å². The highest BCUT2D eigenvalue weighted by Crippen LogP contribution is 2.17. The predicted molar refractivity (Wildman–Crippen MR) is 66.8 cm³/mol. The van der Waals surface area contributed by atoms with Gasteiger partial charge in [-0.3, -0.25) is 4.90 Å². The van der Waals surface area contributed by atoms with Crippen LogP contribution in [0.25, 0.3) is 0 Å². The topological polar surface area (TPSA) is 15.3 Å². The van der Waals surface area contributed by atoms with E-state index in [0.29, 0.717) is 10.5 Å². The molecule has 4 heteroatoms. The Bertz CT molecular complexity index is 370. The largest absolute Gasteiger partial charge is 0.312 e. The molecule has 1 aromatic carbocycles. The van der Waals surface area contributed by atoms with E-state index in [1.807, 2.05) is 6.07 Å². The smallest absolute Gasteiger partial charge is 0.137 e. The summed E-state index contributed by atoms with van der Waals surface area (Å²) in [5.41, 5.74) is 1.04. The van der Waals surface area contributed by atoms with E-state index in [2.05, 4.69) is 33.1 Å². The SMILES string of the molecule is CC1CN(Cc2ccc(Br)c(F)c2)CCN1. The Kier molecular flexibility index (Phi) is 3.95. The Labute approximate surface area is 104 Å². The first-order chi connectivity index (χ1) is 7.65.